The second kappa shape index (κ2) is 6.12. The number of tetrazole rings is 1. The molecule has 1 aromatic heterocycles. The number of hydrogen-bond acceptors (Lipinski definition) is 4. The maximum Gasteiger partial charge on any atom is 0.153 e. The molecule has 1 saturated heterocycles. The van der Waals surface area contributed by atoms with Crippen molar-refractivity contribution in [1.29, 1.82) is 0 Å². The number of likely N-dealkylation sites (tertiary alicyclic amines) is 1. The number of halogens is 1. The van der Waals surface area contributed by atoms with E-state index in [2.05, 4.69) is 51.6 Å². The second-order valence-electron chi connectivity index (χ2n) is 5.88. The van der Waals surface area contributed by atoms with Crippen molar-refractivity contribution in [3.05, 3.63) is 40.7 Å². The summed E-state index contributed by atoms with van der Waals surface area (Å²) < 4.78 is 0. The summed E-state index contributed by atoms with van der Waals surface area (Å²) in [5.41, 5.74) is 1.26. The molecule has 21 heavy (non-hydrogen) atoms. The Hall–Kier alpha value is -1.46. The Morgan fingerprint density at radius 2 is 2.10 bits per heavy atom. The Labute approximate surface area is 129 Å². The SMILES string of the molecule is CC1CCC([C@H](Cc2ccc(Cl)cc2)c2nnn[nH]2)N1C. The van der Waals surface area contributed by atoms with E-state index in [9.17, 15) is 0 Å². The van der Waals surface area contributed by atoms with E-state index >= 15 is 0 Å². The molecule has 1 N–H and O–H groups in total. The molecule has 1 aromatic carbocycles. The average Bonchev–Trinajstić information content (AvgIpc) is 3.11. The lowest BCUT2D eigenvalue weighted by molar-refractivity contribution is 0.219. The number of aromatic amines is 1. The van der Waals surface area contributed by atoms with Crippen LogP contribution in [0.25, 0.3) is 0 Å². The van der Waals surface area contributed by atoms with Crippen LogP contribution >= 0.6 is 11.6 Å². The van der Waals surface area contributed by atoms with E-state index in [0.717, 1.165) is 17.3 Å². The van der Waals surface area contributed by atoms with Crippen molar-refractivity contribution in [2.45, 2.75) is 44.2 Å². The highest BCUT2D eigenvalue weighted by Crippen LogP contribution is 2.34. The third-order valence-corrected chi connectivity index (χ3v) is 4.90. The summed E-state index contributed by atoms with van der Waals surface area (Å²) in [4.78, 5) is 2.45. The molecule has 112 valence electrons. The molecule has 6 heteroatoms. The number of nitrogens with one attached hydrogen (secondary N) is 1. The lowest BCUT2D eigenvalue weighted by Gasteiger charge is -2.29. The van der Waals surface area contributed by atoms with Crippen LogP contribution in [0.3, 0.4) is 0 Å². The van der Waals surface area contributed by atoms with Gasteiger partial charge in [-0.05, 0) is 61.4 Å². The lowest BCUT2D eigenvalue weighted by atomic mass is 9.90. The fraction of sp³-hybridized carbons (Fsp3) is 0.533. The Bertz CT molecular complexity index is 568. The maximum absolute atomic E-state index is 5.97. The van der Waals surface area contributed by atoms with Crippen LogP contribution in [-0.4, -0.2) is 44.7 Å². The minimum absolute atomic E-state index is 0.274. The fourth-order valence-electron chi connectivity index (χ4n) is 3.24. The van der Waals surface area contributed by atoms with Crippen LogP contribution in [0.2, 0.25) is 5.02 Å². The summed E-state index contributed by atoms with van der Waals surface area (Å²) in [6.07, 6.45) is 3.31. The molecule has 1 fully saturated rings. The summed E-state index contributed by atoms with van der Waals surface area (Å²) >= 11 is 5.97. The van der Waals surface area contributed by atoms with Crippen LogP contribution in [-0.2, 0) is 6.42 Å². The third kappa shape index (κ3) is 3.09. The summed E-state index contributed by atoms with van der Waals surface area (Å²) in [5.74, 6) is 1.15. The van der Waals surface area contributed by atoms with Crippen molar-refractivity contribution >= 4 is 11.6 Å². The molecule has 0 aliphatic carbocycles. The molecule has 0 radical (unpaired) electrons. The monoisotopic (exact) mass is 305 g/mol. The molecule has 0 saturated carbocycles. The first-order valence-corrected chi connectivity index (χ1v) is 7.73. The number of rotatable bonds is 4. The van der Waals surface area contributed by atoms with Crippen molar-refractivity contribution in [2.24, 2.45) is 0 Å². The van der Waals surface area contributed by atoms with Gasteiger partial charge >= 0.3 is 0 Å². The molecule has 3 rings (SSSR count). The molecule has 5 nitrogen and oxygen atoms in total. The zero-order chi connectivity index (χ0) is 14.8. The van der Waals surface area contributed by atoms with Crippen LogP contribution in [0.15, 0.2) is 24.3 Å². The van der Waals surface area contributed by atoms with Gasteiger partial charge in [0.15, 0.2) is 5.82 Å². The molecule has 0 bridgehead atoms. The molecule has 2 unspecified atom stereocenters. The van der Waals surface area contributed by atoms with Crippen molar-refractivity contribution in [3.8, 4) is 0 Å². The van der Waals surface area contributed by atoms with Crippen molar-refractivity contribution in [2.75, 3.05) is 7.05 Å². The van der Waals surface area contributed by atoms with Crippen LogP contribution in [0, 0.1) is 0 Å². The molecular weight excluding hydrogens is 286 g/mol. The van der Waals surface area contributed by atoms with E-state index in [1.165, 1.54) is 18.4 Å². The highest BCUT2D eigenvalue weighted by molar-refractivity contribution is 6.30. The van der Waals surface area contributed by atoms with Gasteiger partial charge in [-0.25, -0.2) is 5.10 Å². The number of aromatic nitrogens is 4. The molecule has 2 heterocycles. The number of nitrogens with zero attached hydrogens (tertiary/aromatic N) is 4. The normalized spacial score (nSPS) is 24.3. The molecule has 3 atom stereocenters. The minimum Gasteiger partial charge on any atom is -0.300 e. The lowest BCUT2D eigenvalue weighted by Crippen LogP contribution is -2.36. The van der Waals surface area contributed by atoms with E-state index in [0.29, 0.717) is 12.1 Å². The van der Waals surface area contributed by atoms with Gasteiger partial charge in [-0.15, -0.1) is 5.10 Å². The third-order valence-electron chi connectivity index (χ3n) is 4.64. The predicted molar refractivity (Wildman–Crippen MR) is 82.3 cm³/mol. The summed E-state index contributed by atoms with van der Waals surface area (Å²) in [6.45, 7) is 2.28. The van der Waals surface area contributed by atoms with Gasteiger partial charge in [0.25, 0.3) is 0 Å². The first kappa shape index (κ1) is 14.5. The standard InChI is InChI=1S/C15H20ClN5/c1-10-3-8-14(21(10)2)13(15-17-19-20-18-15)9-11-4-6-12(16)7-5-11/h4-7,10,13-14H,3,8-9H2,1-2H3,(H,17,18,19,20)/t10?,13-,14?/m0/s1. The first-order valence-electron chi connectivity index (χ1n) is 7.35. The molecule has 1 aliphatic heterocycles. The van der Waals surface area contributed by atoms with Crippen LogP contribution in [0.5, 0.6) is 0 Å². The quantitative estimate of drug-likeness (QED) is 0.943. The van der Waals surface area contributed by atoms with Gasteiger partial charge in [-0.3, -0.25) is 0 Å². The van der Waals surface area contributed by atoms with Gasteiger partial charge in [0, 0.05) is 23.0 Å². The Kier molecular flexibility index (Phi) is 4.22. The summed E-state index contributed by atoms with van der Waals surface area (Å²) in [6, 6.07) is 9.11. The van der Waals surface area contributed by atoms with Gasteiger partial charge in [0.2, 0.25) is 0 Å². The van der Waals surface area contributed by atoms with Crippen LogP contribution in [0.1, 0.15) is 37.1 Å². The van der Waals surface area contributed by atoms with Gasteiger partial charge in [0.05, 0.1) is 0 Å². The van der Waals surface area contributed by atoms with Gasteiger partial charge < -0.3 is 4.90 Å². The van der Waals surface area contributed by atoms with Crippen molar-refractivity contribution in [3.63, 3.8) is 0 Å². The van der Waals surface area contributed by atoms with E-state index in [-0.39, 0.29) is 5.92 Å². The number of benzene rings is 1. The van der Waals surface area contributed by atoms with Crippen molar-refractivity contribution in [1.82, 2.24) is 25.5 Å². The zero-order valence-corrected chi connectivity index (χ0v) is 13.1. The van der Waals surface area contributed by atoms with Gasteiger partial charge in [0.1, 0.15) is 0 Å². The Morgan fingerprint density at radius 1 is 1.33 bits per heavy atom. The van der Waals surface area contributed by atoms with Gasteiger partial charge in [-0.1, -0.05) is 23.7 Å². The predicted octanol–water partition coefficient (Wildman–Crippen LogP) is 2.66. The Balaban J connectivity index is 1.85. The molecule has 2 aromatic rings. The summed E-state index contributed by atoms with van der Waals surface area (Å²) in [5, 5.41) is 15.4. The van der Waals surface area contributed by atoms with E-state index in [4.69, 9.17) is 11.6 Å². The first-order chi connectivity index (χ1) is 10.1. The topological polar surface area (TPSA) is 57.7 Å². The zero-order valence-electron chi connectivity index (χ0n) is 12.3. The molecule has 1 aliphatic rings. The summed E-state index contributed by atoms with van der Waals surface area (Å²) in [7, 11) is 2.20. The average molecular weight is 306 g/mol. The van der Waals surface area contributed by atoms with E-state index < -0.39 is 0 Å². The van der Waals surface area contributed by atoms with E-state index in [1.54, 1.807) is 0 Å². The highest BCUT2D eigenvalue weighted by atomic mass is 35.5. The second-order valence-corrected chi connectivity index (χ2v) is 6.32. The largest absolute Gasteiger partial charge is 0.300 e. The number of likely N-dealkylation sites (N-methyl/N-ethyl adjacent to an activating group) is 1. The number of H-pyrrole nitrogens is 1. The van der Waals surface area contributed by atoms with E-state index in [1.807, 2.05) is 12.1 Å². The van der Waals surface area contributed by atoms with Gasteiger partial charge in [-0.2, -0.15) is 0 Å². The smallest absolute Gasteiger partial charge is 0.153 e. The molecular formula is C15H20ClN5. The van der Waals surface area contributed by atoms with Crippen molar-refractivity contribution < 1.29 is 0 Å². The van der Waals surface area contributed by atoms with Crippen LogP contribution < -0.4 is 0 Å². The molecule has 0 amide bonds. The molecule has 0 spiro atoms. The minimum atomic E-state index is 0.274. The Morgan fingerprint density at radius 3 is 2.67 bits per heavy atom. The maximum atomic E-state index is 5.97. The van der Waals surface area contributed by atoms with Crippen LogP contribution in [0.4, 0.5) is 0 Å². The fourth-order valence-corrected chi connectivity index (χ4v) is 3.37. The highest BCUT2D eigenvalue weighted by Gasteiger charge is 2.36. The number of hydrogen-bond donors (Lipinski definition) is 1.